The van der Waals surface area contributed by atoms with E-state index in [1.165, 1.54) is 0 Å². The van der Waals surface area contributed by atoms with Crippen molar-refractivity contribution in [3.05, 3.63) is 40.6 Å². The maximum Gasteiger partial charge on any atom is 0.170 e. The molecule has 5 nitrogen and oxygen atoms in total. The van der Waals surface area contributed by atoms with Crippen LogP contribution in [0.5, 0.6) is 0 Å². The Morgan fingerprint density at radius 3 is 3.06 bits per heavy atom. The summed E-state index contributed by atoms with van der Waals surface area (Å²) < 4.78 is 3.07. The summed E-state index contributed by atoms with van der Waals surface area (Å²) in [5.74, 6) is 1.59. The lowest BCUT2D eigenvalue weighted by atomic mass is 10.3. The van der Waals surface area contributed by atoms with Gasteiger partial charge < -0.3 is 4.57 Å². The number of aromatic nitrogens is 5. The average molecular weight is 292 g/mol. The maximum atomic E-state index is 4.34. The number of halogens is 1. The van der Waals surface area contributed by atoms with Gasteiger partial charge in [0.2, 0.25) is 0 Å². The van der Waals surface area contributed by atoms with E-state index in [4.69, 9.17) is 0 Å². The van der Waals surface area contributed by atoms with Crippen molar-refractivity contribution in [2.24, 2.45) is 0 Å². The summed E-state index contributed by atoms with van der Waals surface area (Å²) >= 11 is 3.46. The van der Waals surface area contributed by atoms with Crippen LogP contribution >= 0.6 is 15.9 Å². The monoisotopic (exact) mass is 291 g/mol. The van der Waals surface area contributed by atoms with Gasteiger partial charge in [-0.15, -0.1) is 0 Å². The predicted molar refractivity (Wildman–Crippen MR) is 67.7 cm³/mol. The fourth-order valence-corrected chi connectivity index (χ4v) is 2.12. The lowest BCUT2D eigenvalue weighted by molar-refractivity contribution is 0.768. The lowest BCUT2D eigenvalue weighted by Crippen LogP contribution is -1.99. The number of nitrogens with zero attached hydrogens (tertiary/aromatic N) is 4. The van der Waals surface area contributed by atoms with Crippen LogP contribution in [0.15, 0.2) is 29.0 Å². The SMILES string of the molecule is Cc1nc(Cn2cnc3ccc(Br)cc32)n[nH]1. The molecule has 17 heavy (non-hydrogen) atoms. The Balaban J connectivity index is 2.03. The highest BCUT2D eigenvalue weighted by Crippen LogP contribution is 2.19. The summed E-state index contributed by atoms with van der Waals surface area (Å²) in [6.07, 6.45) is 1.81. The summed E-state index contributed by atoms with van der Waals surface area (Å²) in [6.45, 7) is 2.51. The maximum absolute atomic E-state index is 4.34. The zero-order chi connectivity index (χ0) is 11.8. The van der Waals surface area contributed by atoms with Gasteiger partial charge in [-0.1, -0.05) is 15.9 Å². The molecule has 6 heteroatoms. The number of H-pyrrole nitrogens is 1. The Bertz CT molecular complexity index is 669. The molecule has 0 amide bonds. The topological polar surface area (TPSA) is 59.4 Å². The number of rotatable bonds is 2. The molecule has 3 aromatic rings. The highest BCUT2D eigenvalue weighted by molar-refractivity contribution is 9.10. The van der Waals surface area contributed by atoms with Crippen LogP contribution in [0.4, 0.5) is 0 Å². The second-order valence-electron chi connectivity index (χ2n) is 3.84. The predicted octanol–water partition coefficient (Wildman–Crippen LogP) is 2.27. The smallest absolute Gasteiger partial charge is 0.170 e. The first-order valence-corrected chi connectivity index (χ1v) is 6.00. The number of hydrogen-bond donors (Lipinski definition) is 1. The van der Waals surface area contributed by atoms with Crippen LogP contribution in [0.25, 0.3) is 11.0 Å². The number of fused-ring (bicyclic) bond motifs is 1. The summed E-state index contributed by atoms with van der Waals surface area (Å²) in [7, 11) is 0. The van der Waals surface area contributed by atoms with E-state index >= 15 is 0 Å². The van der Waals surface area contributed by atoms with E-state index in [0.717, 1.165) is 27.2 Å². The fraction of sp³-hybridized carbons (Fsp3) is 0.182. The second-order valence-corrected chi connectivity index (χ2v) is 4.76. The van der Waals surface area contributed by atoms with Gasteiger partial charge in [0.15, 0.2) is 5.82 Å². The number of nitrogens with one attached hydrogen (secondary N) is 1. The molecule has 0 aliphatic carbocycles. The largest absolute Gasteiger partial charge is 0.323 e. The van der Waals surface area contributed by atoms with Crippen LogP contribution in [-0.2, 0) is 6.54 Å². The Kier molecular flexibility index (Phi) is 2.44. The minimum atomic E-state index is 0.622. The third kappa shape index (κ3) is 1.95. The molecule has 2 heterocycles. The van der Waals surface area contributed by atoms with Crippen molar-refractivity contribution in [1.82, 2.24) is 24.7 Å². The van der Waals surface area contributed by atoms with Crippen molar-refractivity contribution in [1.29, 1.82) is 0 Å². The van der Waals surface area contributed by atoms with Crippen molar-refractivity contribution in [3.63, 3.8) is 0 Å². The number of aryl methyl sites for hydroxylation is 1. The first kappa shape index (κ1) is 10.5. The third-order valence-electron chi connectivity index (χ3n) is 2.54. The Hall–Kier alpha value is -1.69. The quantitative estimate of drug-likeness (QED) is 0.788. The fourth-order valence-electron chi connectivity index (χ4n) is 1.77. The Morgan fingerprint density at radius 1 is 1.41 bits per heavy atom. The summed E-state index contributed by atoms with van der Waals surface area (Å²) in [6, 6.07) is 6.01. The van der Waals surface area contributed by atoms with Gasteiger partial charge in [-0.2, -0.15) is 5.10 Å². The third-order valence-corrected chi connectivity index (χ3v) is 3.03. The van der Waals surface area contributed by atoms with Crippen LogP contribution in [0, 0.1) is 6.92 Å². The van der Waals surface area contributed by atoms with E-state index in [9.17, 15) is 0 Å². The molecule has 0 aliphatic rings. The van der Waals surface area contributed by atoms with E-state index in [-0.39, 0.29) is 0 Å². The minimum absolute atomic E-state index is 0.622. The molecule has 3 rings (SSSR count). The molecule has 0 unspecified atom stereocenters. The molecule has 0 saturated heterocycles. The number of benzene rings is 1. The minimum Gasteiger partial charge on any atom is -0.323 e. The standard InChI is InChI=1S/C11H10BrN5/c1-7-14-11(16-15-7)5-17-6-13-9-3-2-8(12)4-10(9)17/h2-4,6H,5H2,1H3,(H,14,15,16). The molecule has 0 radical (unpaired) electrons. The van der Waals surface area contributed by atoms with Crippen molar-refractivity contribution >= 4 is 27.0 Å². The molecule has 1 N–H and O–H groups in total. The first-order chi connectivity index (χ1) is 8.22. The zero-order valence-corrected chi connectivity index (χ0v) is 10.8. The molecule has 0 spiro atoms. The molecule has 0 atom stereocenters. The lowest BCUT2D eigenvalue weighted by Gasteiger charge is -2.00. The highest BCUT2D eigenvalue weighted by atomic mass is 79.9. The average Bonchev–Trinajstić information content (AvgIpc) is 2.87. The number of hydrogen-bond acceptors (Lipinski definition) is 3. The summed E-state index contributed by atoms with van der Waals surface area (Å²) in [5, 5.41) is 6.96. The Labute approximate surface area is 106 Å². The van der Waals surface area contributed by atoms with Crippen molar-refractivity contribution in [3.8, 4) is 0 Å². The van der Waals surface area contributed by atoms with E-state index < -0.39 is 0 Å². The van der Waals surface area contributed by atoms with Gasteiger partial charge in [-0.25, -0.2) is 9.97 Å². The van der Waals surface area contributed by atoms with Crippen LogP contribution < -0.4 is 0 Å². The summed E-state index contributed by atoms with van der Waals surface area (Å²) in [5.41, 5.74) is 2.04. The number of imidazole rings is 1. The van der Waals surface area contributed by atoms with Crippen LogP contribution in [0.3, 0.4) is 0 Å². The zero-order valence-electron chi connectivity index (χ0n) is 9.18. The van der Waals surface area contributed by atoms with Gasteiger partial charge in [0.1, 0.15) is 5.82 Å². The molecule has 0 fully saturated rings. The van der Waals surface area contributed by atoms with Gasteiger partial charge in [-0.05, 0) is 25.1 Å². The van der Waals surface area contributed by atoms with E-state index in [0.29, 0.717) is 6.54 Å². The molecule has 0 saturated carbocycles. The Morgan fingerprint density at radius 2 is 2.29 bits per heavy atom. The van der Waals surface area contributed by atoms with Gasteiger partial charge in [0.05, 0.1) is 23.9 Å². The molecular formula is C11H10BrN5. The van der Waals surface area contributed by atoms with E-state index in [2.05, 4.69) is 36.1 Å². The van der Waals surface area contributed by atoms with E-state index in [1.54, 1.807) is 0 Å². The molecular weight excluding hydrogens is 282 g/mol. The van der Waals surface area contributed by atoms with Crippen molar-refractivity contribution in [2.75, 3.05) is 0 Å². The van der Waals surface area contributed by atoms with Gasteiger partial charge in [0, 0.05) is 4.47 Å². The van der Waals surface area contributed by atoms with Crippen LogP contribution in [-0.4, -0.2) is 24.7 Å². The molecule has 0 aliphatic heterocycles. The molecule has 0 bridgehead atoms. The van der Waals surface area contributed by atoms with Gasteiger partial charge in [-0.3, -0.25) is 5.10 Å². The van der Waals surface area contributed by atoms with Crippen molar-refractivity contribution in [2.45, 2.75) is 13.5 Å². The molecule has 1 aromatic carbocycles. The summed E-state index contributed by atoms with van der Waals surface area (Å²) in [4.78, 5) is 8.63. The van der Waals surface area contributed by atoms with Crippen molar-refractivity contribution < 1.29 is 0 Å². The van der Waals surface area contributed by atoms with Crippen LogP contribution in [0.2, 0.25) is 0 Å². The second kappa shape index (κ2) is 3.96. The molecule has 2 aromatic heterocycles. The number of aromatic amines is 1. The normalized spacial score (nSPS) is 11.2. The molecule has 86 valence electrons. The first-order valence-electron chi connectivity index (χ1n) is 5.20. The van der Waals surface area contributed by atoms with E-state index in [1.807, 2.05) is 36.0 Å². The van der Waals surface area contributed by atoms with Gasteiger partial charge in [0.25, 0.3) is 0 Å². The van der Waals surface area contributed by atoms with Crippen LogP contribution in [0.1, 0.15) is 11.6 Å². The highest BCUT2D eigenvalue weighted by Gasteiger charge is 2.06. The van der Waals surface area contributed by atoms with Gasteiger partial charge >= 0.3 is 0 Å².